The molecule has 7 nitrogen and oxygen atoms in total. The van der Waals surface area contributed by atoms with E-state index < -0.39 is 5.97 Å². The van der Waals surface area contributed by atoms with E-state index in [1.54, 1.807) is 0 Å². The Bertz CT molecular complexity index is 610. The number of carbonyl (C=O) groups is 1. The van der Waals surface area contributed by atoms with Crippen molar-refractivity contribution in [3.8, 4) is 0 Å². The lowest BCUT2D eigenvalue weighted by Crippen LogP contribution is -2.56. The van der Waals surface area contributed by atoms with Crippen LogP contribution in [0.4, 0.5) is 5.95 Å². The molecule has 0 aliphatic carbocycles. The molecular weight excluding hydrogens is 330 g/mol. The number of carboxylic acids is 1. The zero-order valence-electron chi connectivity index (χ0n) is 16.2. The zero-order valence-corrected chi connectivity index (χ0v) is 16.2. The fraction of sp³-hybridized carbons (Fsp3) is 0.737. The van der Waals surface area contributed by atoms with Gasteiger partial charge >= 0.3 is 5.97 Å². The normalized spacial score (nSPS) is 25.4. The van der Waals surface area contributed by atoms with Gasteiger partial charge in [0.2, 0.25) is 5.95 Å². The SMILES string of the molecule is Cc1cc(C)nc(N2CC[C@@H](N3CCN(C)CC3)[C@@H](CCC(=O)O)C2)n1. The highest BCUT2D eigenvalue weighted by molar-refractivity contribution is 5.66. The Hall–Kier alpha value is -1.73. The van der Waals surface area contributed by atoms with Crippen LogP contribution < -0.4 is 4.90 Å². The number of hydrogen-bond donors (Lipinski definition) is 1. The van der Waals surface area contributed by atoms with Gasteiger partial charge in [-0.25, -0.2) is 9.97 Å². The third kappa shape index (κ3) is 4.71. The second-order valence-corrected chi connectivity index (χ2v) is 7.78. The lowest BCUT2D eigenvalue weighted by molar-refractivity contribution is -0.137. The number of aromatic nitrogens is 2. The molecule has 0 amide bonds. The number of piperidine rings is 1. The summed E-state index contributed by atoms with van der Waals surface area (Å²) in [5.41, 5.74) is 1.96. The molecule has 0 aromatic carbocycles. The van der Waals surface area contributed by atoms with Gasteiger partial charge in [-0.3, -0.25) is 9.69 Å². The molecule has 1 N–H and O–H groups in total. The van der Waals surface area contributed by atoms with E-state index in [4.69, 9.17) is 0 Å². The number of likely N-dealkylation sites (N-methyl/N-ethyl adjacent to an activating group) is 1. The highest BCUT2D eigenvalue weighted by atomic mass is 16.4. The first kappa shape index (κ1) is 19.0. The Balaban J connectivity index is 1.73. The third-order valence-electron chi connectivity index (χ3n) is 5.68. The van der Waals surface area contributed by atoms with Crippen LogP contribution in [0.5, 0.6) is 0 Å². The molecule has 0 spiro atoms. The predicted octanol–water partition coefficient (Wildman–Crippen LogP) is 1.40. The molecule has 26 heavy (non-hydrogen) atoms. The van der Waals surface area contributed by atoms with Gasteiger partial charge in [0.15, 0.2) is 0 Å². The van der Waals surface area contributed by atoms with Gasteiger partial charge in [-0.05, 0) is 45.7 Å². The fourth-order valence-electron chi connectivity index (χ4n) is 4.28. The van der Waals surface area contributed by atoms with Gasteiger partial charge in [-0.15, -0.1) is 0 Å². The summed E-state index contributed by atoms with van der Waals surface area (Å²) >= 11 is 0. The van der Waals surface area contributed by atoms with E-state index in [0.717, 1.165) is 63.0 Å². The Morgan fingerprint density at radius 3 is 2.42 bits per heavy atom. The first-order valence-electron chi connectivity index (χ1n) is 9.64. The molecule has 1 aromatic heterocycles. The molecule has 2 saturated heterocycles. The maximum Gasteiger partial charge on any atom is 0.303 e. The minimum absolute atomic E-state index is 0.233. The van der Waals surface area contributed by atoms with Crippen LogP contribution in [0.25, 0.3) is 0 Å². The van der Waals surface area contributed by atoms with Crippen LogP contribution in [0.3, 0.4) is 0 Å². The molecule has 3 heterocycles. The number of aryl methyl sites for hydroxylation is 2. The summed E-state index contributed by atoms with van der Waals surface area (Å²) in [6.45, 7) is 10.1. The van der Waals surface area contributed by atoms with Crippen LogP contribution in [0, 0.1) is 19.8 Å². The van der Waals surface area contributed by atoms with Crippen molar-refractivity contribution in [1.29, 1.82) is 0 Å². The first-order chi connectivity index (χ1) is 12.4. The fourth-order valence-corrected chi connectivity index (χ4v) is 4.28. The minimum atomic E-state index is -0.707. The third-order valence-corrected chi connectivity index (χ3v) is 5.68. The second kappa shape index (κ2) is 8.31. The zero-order chi connectivity index (χ0) is 18.7. The monoisotopic (exact) mass is 361 g/mol. The molecule has 7 heteroatoms. The van der Waals surface area contributed by atoms with Crippen LogP contribution in [-0.4, -0.2) is 83.2 Å². The molecule has 0 bridgehead atoms. The number of carboxylic acid groups (broad SMARTS) is 1. The summed E-state index contributed by atoms with van der Waals surface area (Å²) in [7, 11) is 2.17. The van der Waals surface area contributed by atoms with Gasteiger partial charge in [-0.2, -0.15) is 0 Å². The highest BCUT2D eigenvalue weighted by Gasteiger charge is 2.35. The lowest BCUT2D eigenvalue weighted by Gasteiger charge is -2.46. The number of nitrogens with zero attached hydrogens (tertiary/aromatic N) is 5. The molecule has 0 radical (unpaired) electrons. The van der Waals surface area contributed by atoms with Crippen LogP contribution in [0.1, 0.15) is 30.7 Å². The van der Waals surface area contributed by atoms with E-state index in [9.17, 15) is 9.90 Å². The minimum Gasteiger partial charge on any atom is -0.481 e. The van der Waals surface area contributed by atoms with Gasteiger partial charge in [0, 0.05) is 63.1 Å². The second-order valence-electron chi connectivity index (χ2n) is 7.78. The molecular formula is C19H31N5O2. The molecule has 2 fully saturated rings. The first-order valence-corrected chi connectivity index (χ1v) is 9.64. The van der Waals surface area contributed by atoms with Gasteiger partial charge in [-0.1, -0.05) is 0 Å². The summed E-state index contributed by atoms with van der Waals surface area (Å²) in [5, 5.41) is 9.17. The van der Waals surface area contributed by atoms with Crippen molar-refractivity contribution in [3.05, 3.63) is 17.5 Å². The van der Waals surface area contributed by atoms with Gasteiger partial charge < -0.3 is 14.9 Å². The average molecular weight is 361 g/mol. The molecule has 2 aliphatic heterocycles. The summed E-state index contributed by atoms with van der Waals surface area (Å²) in [4.78, 5) is 27.6. The van der Waals surface area contributed by atoms with Crippen LogP contribution >= 0.6 is 0 Å². The lowest BCUT2D eigenvalue weighted by atomic mass is 9.86. The Morgan fingerprint density at radius 2 is 1.81 bits per heavy atom. The van der Waals surface area contributed by atoms with Gasteiger partial charge in [0.05, 0.1) is 0 Å². The summed E-state index contributed by atoms with van der Waals surface area (Å²) < 4.78 is 0. The van der Waals surface area contributed by atoms with Crippen molar-refractivity contribution in [1.82, 2.24) is 19.8 Å². The van der Waals surface area contributed by atoms with E-state index in [0.29, 0.717) is 18.4 Å². The van der Waals surface area contributed by atoms with E-state index in [2.05, 4.69) is 31.7 Å². The van der Waals surface area contributed by atoms with Crippen molar-refractivity contribution in [2.45, 2.75) is 39.2 Å². The summed E-state index contributed by atoms with van der Waals surface area (Å²) in [6.07, 6.45) is 1.99. The number of anilines is 1. The molecule has 1 aromatic rings. The Labute approximate surface area is 156 Å². The van der Waals surface area contributed by atoms with Crippen LogP contribution in [0.2, 0.25) is 0 Å². The molecule has 2 aliphatic rings. The number of aliphatic carboxylic acids is 1. The molecule has 3 rings (SSSR count). The van der Waals surface area contributed by atoms with Crippen molar-refractivity contribution in [2.75, 3.05) is 51.2 Å². The average Bonchev–Trinajstić information content (AvgIpc) is 2.59. The number of piperazine rings is 1. The Kier molecular flexibility index (Phi) is 6.09. The van der Waals surface area contributed by atoms with E-state index in [1.165, 1.54) is 0 Å². The highest BCUT2D eigenvalue weighted by Crippen LogP contribution is 2.29. The van der Waals surface area contributed by atoms with Crippen molar-refractivity contribution in [3.63, 3.8) is 0 Å². The van der Waals surface area contributed by atoms with Crippen molar-refractivity contribution in [2.24, 2.45) is 5.92 Å². The summed E-state index contributed by atoms with van der Waals surface area (Å²) in [5.74, 6) is 0.425. The van der Waals surface area contributed by atoms with Crippen molar-refractivity contribution < 1.29 is 9.90 Å². The van der Waals surface area contributed by atoms with E-state index in [-0.39, 0.29) is 6.42 Å². The molecule has 0 saturated carbocycles. The maximum absolute atomic E-state index is 11.2. The smallest absolute Gasteiger partial charge is 0.303 e. The maximum atomic E-state index is 11.2. The van der Waals surface area contributed by atoms with E-state index in [1.807, 2.05) is 19.9 Å². The standard InChI is InChI=1S/C19H31N5O2/c1-14-12-15(2)21-19(20-14)24-7-6-17(16(13-24)4-5-18(25)26)23-10-8-22(3)9-11-23/h12,16-17H,4-11,13H2,1-3H3,(H,25,26)/t16-,17+/m0/s1. The molecule has 144 valence electrons. The van der Waals surface area contributed by atoms with Gasteiger partial charge in [0.25, 0.3) is 0 Å². The summed E-state index contributed by atoms with van der Waals surface area (Å²) in [6, 6.07) is 2.45. The quantitative estimate of drug-likeness (QED) is 0.850. The van der Waals surface area contributed by atoms with Crippen LogP contribution in [-0.2, 0) is 4.79 Å². The number of hydrogen-bond acceptors (Lipinski definition) is 6. The topological polar surface area (TPSA) is 72.8 Å². The van der Waals surface area contributed by atoms with E-state index >= 15 is 0 Å². The Morgan fingerprint density at radius 1 is 1.15 bits per heavy atom. The predicted molar refractivity (Wildman–Crippen MR) is 102 cm³/mol. The molecule has 0 unspecified atom stereocenters. The van der Waals surface area contributed by atoms with Gasteiger partial charge in [0.1, 0.15) is 0 Å². The number of rotatable bonds is 5. The largest absolute Gasteiger partial charge is 0.481 e. The molecule has 2 atom stereocenters. The van der Waals surface area contributed by atoms with Crippen LogP contribution in [0.15, 0.2) is 6.07 Å². The van der Waals surface area contributed by atoms with Crippen molar-refractivity contribution >= 4 is 11.9 Å².